The van der Waals surface area contributed by atoms with Crippen LogP contribution in [-0.2, 0) is 0 Å². The summed E-state index contributed by atoms with van der Waals surface area (Å²) in [6.07, 6.45) is 7.27. The molecule has 2 saturated carbocycles. The number of hydrazine groups is 1. The fraction of sp³-hybridized carbons (Fsp3) is 0.571. The standard InChI is InChI=1S/C21H32N4O/c1-15(14-24-25-19(22)23)12-18-9-11-21(26)13-17(8-10-20(18,21)2)16-6-4-3-5-7-16/h3-7,12,17-18,24,26H,8-11,13-14H2,1-2H3,(H4,22,23,25)/b15-12+/t17-,18+,20+,21-/m0/s1. The highest BCUT2D eigenvalue weighted by Gasteiger charge is 2.58. The molecule has 2 aliphatic rings. The number of aliphatic hydroxyl groups is 1. The number of nitrogens with two attached hydrogens (primary N) is 1. The molecule has 2 aliphatic carbocycles. The van der Waals surface area contributed by atoms with Crippen LogP contribution >= 0.6 is 0 Å². The highest BCUT2D eigenvalue weighted by Crippen LogP contribution is 2.61. The van der Waals surface area contributed by atoms with Gasteiger partial charge in [-0.25, -0.2) is 5.43 Å². The Morgan fingerprint density at radius 2 is 2.04 bits per heavy atom. The Bertz CT molecular complexity index is 674. The number of hydrogen-bond acceptors (Lipinski definition) is 3. The Hall–Kier alpha value is -1.85. The zero-order chi connectivity index (χ0) is 18.8. The molecule has 0 bridgehead atoms. The molecule has 0 aliphatic heterocycles. The highest BCUT2D eigenvalue weighted by molar-refractivity contribution is 5.73. The average Bonchev–Trinajstić information content (AvgIpc) is 2.86. The van der Waals surface area contributed by atoms with Crippen molar-refractivity contribution >= 4 is 5.96 Å². The first-order valence-electron chi connectivity index (χ1n) is 9.61. The minimum absolute atomic E-state index is 0.0620. The predicted molar refractivity (Wildman–Crippen MR) is 106 cm³/mol. The van der Waals surface area contributed by atoms with Crippen LogP contribution in [0.4, 0.5) is 0 Å². The van der Waals surface area contributed by atoms with Gasteiger partial charge >= 0.3 is 0 Å². The molecule has 5 heteroatoms. The van der Waals surface area contributed by atoms with Crippen molar-refractivity contribution in [2.45, 2.75) is 57.5 Å². The van der Waals surface area contributed by atoms with Gasteiger partial charge in [0.05, 0.1) is 5.60 Å². The molecule has 0 radical (unpaired) electrons. The molecule has 26 heavy (non-hydrogen) atoms. The minimum atomic E-state index is -0.585. The number of rotatable bonds is 5. The van der Waals surface area contributed by atoms with E-state index in [1.165, 1.54) is 11.1 Å². The van der Waals surface area contributed by atoms with E-state index in [9.17, 15) is 5.11 Å². The van der Waals surface area contributed by atoms with Gasteiger partial charge in [-0.1, -0.05) is 48.9 Å². The topological polar surface area (TPSA) is 94.2 Å². The monoisotopic (exact) mass is 356 g/mol. The maximum Gasteiger partial charge on any atom is 0.200 e. The van der Waals surface area contributed by atoms with Crippen molar-refractivity contribution in [1.82, 2.24) is 10.9 Å². The van der Waals surface area contributed by atoms with Gasteiger partial charge in [-0.05, 0) is 56.4 Å². The van der Waals surface area contributed by atoms with Crippen LogP contribution in [0.5, 0.6) is 0 Å². The van der Waals surface area contributed by atoms with Crippen LogP contribution in [0.3, 0.4) is 0 Å². The summed E-state index contributed by atoms with van der Waals surface area (Å²) in [4.78, 5) is 0. The van der Waals surface area contributed by atoms with Crippen molar-refractivity contribution in [2.24, 2.45) is 17.1 Å². The van der Waals surface area contributed by atoms with E-state index in [-0.39, 0.29) is 11.4 Å². The summed E-state index contributed by atoms with van der Waals surface area (Å²) < 4.78 is 0. The van der Waals surface area contributed by atoms with Crippen LogP contribution in [0.25, 0.3) is 0 Å². The first-order valence-corrected chi connectivity index (χ1v) is 9.61. The third-order valence-corrected chi connectivity index (χ3v) is 6.69. The lowest BCUT2D eigenvalue weighted by Crippen LogP contribution is -2.49. The Kier molecular flexibility index (Phi) is 5.39. The van der Waals surface area contributed by atoms with Gasteiger partial charge < -0.3 is 10.8 Å². The maximum absolute atomic E-state index is 11.5. The second-order valence-electron chi connectivity index (χ2n) is 8.35. The molecule has 5 nitrogen and oxygen atoms in total. The van der Waals surface area contributed by atoms with E-state index >= 15 is 0 Å². The van der Waals surface area contributed by atoms with Crippen molar-refractivity contribution in [2.75, 3.05) is 6.54 Å². The van der Waals surface area contributed by atoms with Gasteiger partial charge in [0, 0.05) is 12.0 Å². The minimum Gasteiger partial charge on any atom is -0.389 e. The Morgan fingerprint density at radius 3 is 2.73 bits per heavy atom. The van der Waals surface area contributed by atoms with Gasteiger partial charge in [0.1, 0.15) is 0 Å². The SMILES string of the molecule is C/C(=C\[C@H]1CC[C@]2(O)C[C@@H](c3ccccc3)CC[C@]12C)CNNC(=N)N. The summed E-state index contributed by atoms with van der Waals surface area (Å²) in [6.45, 7) is 5.00. The van der Waals surface area contributed by atoms with E-state index in [2.05, 4.69) is 61.1 Å². The first kappa shape index (κ1) is 18.9. The lowest BCUT2D eigenvalue weighted by atomic mass is 9.59. The normalized spacial score (nSPS) is 34.3. The van der Waals surface area contributed by atoms with Crippen molar-refractivity contribution in [3.63, 3.8) is 0 Å². The molecule has 0 aromatic heterocycles. The van der Waals surface area contributed by atoms with E-state index in [4.69, 9.17) is 11.1 Å². The summed E-state index contributed by atoms with van der Waals surface area (Å²) in [5.41, 5.74) is 12.8. The zero-order valence-corrected chi connectivity index (χ0v) is 15.9. The maximum atomic E-state index is 11.5. The van der Waals surface area contributed by atoms with Gasteiger partial charge in [0.2, 0.25) is 0 Å². The number of benzene rings is 1. The van der Waals surface area contributed by atoms with Crippen LogP contribution in [0.2, 0.25) is 0 Å². The average molecular weight is 357 g/mol. The van der Waals surface area contributed by atoms with Gasteiger partial charge in [0.25, 0.3) is 0 Å². The van der Waals surface area contributed by atoms with Gasteiger partial charge in [-0.3, -0.25) is 10.8 Å². The second-order valence-corrected chi connectivity index (χ2v) is 8.35. The molecule has 0 amide bonds. The summed E-state index contributed by atoms with van der Waals surface area (Å²) >= 11 is 0. The van der Waals surface area contributed by atoms with Crippen LogP contribution in [0, 0.1) is 16.7 Å². The number of hydrogen-bond donors (Lipinski definition) is 5. The molecular weight excluding hydrogens is 324 g/mol. The largest absolute Gasteiger partial charge is 0.389 e. The molecule has 2 fully saturated rings. The van der Waals surface area contributed by atoms with Gasteiger partial charge in [-0.2, -0.15) is 0 Å². The quantitative estimate of drug-likeness (QED) is 0.243. The van der Waals surface area contributed by atoms with Crippen LogP contribution in [0.1, 0.15) is 57.4 Å². The van der Waals surface area contributed by atoms with Gasteiger partial charge in [0.15, 0.2) is 5.96 Å². The molecule has 0 spiro atoms. The van der Waals surface area contributed by atoms with Crippen molar-refractivity contribution in [1.29, 1.82) is 5.41 Å². The second kappa shape index (κ2) is 7.41. The molecule has 6 N–H and O–H groups in total. The van der Waals surface area contributed by atoms with E-state index in [1.807, 2.05) is 0 Å². The van der Waals surface area contributed by atoms with Crippen LogP contribution in [-0.4, -0.2) is 23.2 Å². The molecule has 142 valence electrons. The molecular formula is C21H32N4O. The van der Waals surface area contributed by atoms with E-state index in [0.717, 1.165) is 32.1 Å². The molecule has 0 unspecified atom stereocenters. The van der Waals surface area contributed by atoms with E-state index in [0.29, 0.717) is 18.4 Å². The predicted octanol–water partition coefficient (Wildman–Crippen LogP) is 3.04. The fourth-order valence-electron chi connectivity index (χ4n) is 5.04. The smallest absolute Gasteiger partial charge is 0.200 e. The van der Waals surface area contributed by atoms with Gasteiger partial charge in [-0.15, -0.1) is 0 Å². The summed E-state index contributed by atoms with van der Waals surface area (Å²) in [5.74, 6) is 0.766. The summed E-state index contributed by atoms with van der Waals surface area (Å²) in [6, 6.07) is 10.6. The first-order chi connectivity index (χ1) is 12.3. The van der Waals surface area contributed by atoms with E-state index in [1.54, 1.807) is 0 Å². The Morgan fingerprint density at radius 1 is 1.31 bits per heavy atom. The van der Waals surface area contributed by atoms with Crippen LogP contribution in [0.15, 0.2) is 42.0 Å². The summed E-state index contributed by atoms with van der Waals surface area (Å²) in [7, 11) is 0. The molecule has 1 aromatic carbocycles. The Labute approximate surface area is 156 Å². The molecule has 3 rings (SSSR count). The number of fused-ring (bicyclic) bond motifs is 1. The van der Waals surface area contributed by atoms with Crippen molar-refractivity contribution < 1.29 is 5.11 Å². The zero-order valence-electron chi connectivity index (χ0n) is 15.9. The number of nitrogens with one attached hydrogen (secondary N) is 3. The number of allylic oxidation sites excluding steroid dienone is 1. The molecule has 1 aromatic rings. The third kappa shape index (κ3) is 3.64. The summed E-state index contributed by atoms with van der Waals surface area (Å²) in [5, 5.41) is 18.7. The third-order valence-electron chi connectivity index (χ3n) is 6.69. The lowest BCUT2D eigenvalue weighted by molar-refractivity contribution is -0.0985. The van der Waals surface area contributed by atoms with Crippen molar-refractivity contribution in [3.05, 3.63) is 47.5 Å². The van der Waals surface area contributed by atoms with Crippen LogP contribution < -0.4 is 16.6 Å². The fourth-order valence-corrected chi connectivity index (χ4v) is 5.04. The van der Waals surface area contributed by atoms with Crippen molar-refractivity contribution in [3.8, 4) is 0 Å². The molecule has 0 saturated heterocycles. The molecule has 4 atom stereocenters. The van der Waals surface area contributed by atoms with E-state index < -0.39 is 5.60 Å². The Balaban J connectivity index is 1.69. The number of guanidine groups is 1. The molecule has 0 heterocycles. The highest BCUT2D eigenvalue weighted by atomic mass is 16.3. The lowest BCUT2D eigenvalue weighted by Gasteiger charge is -2.49.